The Bertz CT molecular complexity index is 988. The first-order valence-electron chi connectivity index (χ1n) is 9.56. The summed E-state index contributed by atoms with van der Waals surface area (Å²) in [5, 5.41) is 2.65. The molecule has 0 saturated carbocycles. The maximum absolute atomic E-state index is 12.5. The predicted octanol–water partition coefficient (Wildman–Crippen LogP) is 3.60. The smallest absolute Gasteiger partial charge is 0.338 e. The lowest BCUT2D eigenvalue weighted by Gasteiger charge is -2.12. The minimum Gasteiger partial charge on any atom is -0.452 e. The van der Waals surface area contributed by atoms with Gasteiger partial charge in [0.1, 0.15) is 0 Å². The molecular formula is C22H22N2O5S. The Morgan fingerprint density at radius 2 is 1.73 bits per heavy atom. The Kier molecular flexibility index (Phi) is 6.89. The highest BCUT2D eigenvalue weighted by Crippen LogP contribution is 2.25. The number of hydrogen-bond acceptors (Lipinski definition) is 6. The number of ether oxygens (including phenoxy) is 1. The molecule has 0 radical (unpaired) electrons. The second-order valence-corrected chi connectivity index (χ2v) is 7.61. The van der Waals surface area contributed by atoms with E-state index in [4.69, 9.17) is 4.74 Å². The van der Waals surface area contributed by atoms with Gasteiger partial charge in [-0.1, -0.05) is 13.3 Å². The highest BCUT2D eigenvalue weighted by molar-refractivity contribution is 7.98. The number of esters is 1. The number of rotatable bonds is 8. The van der Waals surface area contributed by atoms with Gasteiger partial charge in [-0.2, -0.15) is 0 Å². The lowest BCUT2D eigenvalue weighted by atomic mass is 10.1. The maximum Gasteiger partial charge on any atom is 0.338 e. The van der Waals surface area contributed by atoms with E-state index in [0.29, 0.717) is 12.2 Å². The number of fused-ring (bicyclic) bond motifs is 1. The molecule has 1 aliphatic rings. The number of anilines is 1. The van der Waals surface area contributed by atoms with Crippen molar-refractivity contribution in [3.63, 3.8) is 0 Å². The van der Waals surface area contributed by atoms with Crippen LogP contribution in [0.15, 0.2) is 47.4 Å². The van der Waals surface area contributed by atoms with E-state index in [1.165, 1.54) is 23.1 Å². The molecule has 0 aromatic heterocycles. The topological polar surface area (TPSA) is 92.8 Å². The normalized spacial score (nSPS) is 12.7. The highest BCUT2D eigenvalue weighted by atomic mass is 32.2. The Hall–Kier alpha value is -3.13. The highest BCUT2D eigenvalue weighted by Gasteiger charge is 2.35. The molecule has 7 nitrogen and oxygen atoms in total. The van der Waals surface area contributed by atoms with Gasteiger partial charge in [0.05, 0.1) is 16.7 Å². The van der Waals surface area contributed by atoms with Crippen LogP contribution in [0.4, 0.5) is 5.69 Å². The van der Waals surface area contributed by atoms with Crippen molar-refractivity contribution in [2.45, 2.75) is 24.7 Å². The number of nitrogens with one attached hydrogen (secondary N) is 1. The third kappa shape index (κ3) is 4.71. The number of hydrogen-bond donors (Lipinski definition) is 1. The van der Waals surface area contributed by atoms with Crippen LogP contribution in [-0.2, 0) is 9.53 Å². The molecule has 8 heteroatoms. The number of carbonyl (C=O) groups excluding carboxylic acids is 4. The fourth-order valence-electron chi connectivity index (χ4n) is 3.02. The molecule has 2 aromatic carbocycles. The largest absolute Gasteiger partial charge is 0.452 e. The van der Waals surface area contributed by atoms with Gasteiger partial charge in [0.15, 0.2) is 6.61 Å². The van der Waals surface area contributed by atoms with Crippen LogP contribution in [0.25, 0.3) is 0 Å². The summed E-state index contributed by atoms with van der Waals surface area (Å²) in [5.74, 6) is -1.98. The van der Waals surface area contributed by atoms with Crippen molar-refractivity contribution >= 4 is 41.1 Å². The molecule has 0 fully saturated rings. The number of thioether (sulfide) groups is 1. The number of nitrogens with zero attached hydrogens (tertiary/aromatic N) is 1. The molecule has 2 aromatic rings. The van der Waals surface area contributed by atoms with Crippen LogP contribution in [0.2, 0.25) is 0 Å². The summed E-state index contributed by atoms with van der Waals surface area (Å²) in [7, 11) is 0. The Labute approximate surface area is 178 Å². The molecule has 0 bridgehead atoms. The van der Waals surface area contributed by atoms with Crippen molar-refractivity contribution in [3.05, 3.63) is 59.2 Å². The summed E-state index contributed by atoms with van der Waals surface area (Å²) < 4.78 is 5.06. The molecule has 3 amide bonds. The van der Waals surface area contributed by atoms with Gasteiger partial charge in [0, 0.05) is 17.1 Å². The molecule has 0 saturated heterocycles. The minimum absolute atomic E-state index is 0.115. The first-order chi connectivity index (χ1) is 14.4. The van der Waals surface area contributed by atoms with Gasteiger partial charge in [-0.15, -0.1) is 11.8 Å². The molecular weight excluding hydrogens is 404 g/mol. The van der Waals surface area contributed by atoms with Crippen LogP contribution in [0.1, 0.15) is 50.8 Å². The lowest BCUT2D eigenvalue weighted by molar-refractivity contribution is -0.119. The molecule has 156 valence electrons. The van der Waals surface area contributed by atoms with Crippen molar-refractivity contribution in [2.75, 3.05) is 24.7 Å². The third-order valence-corrected chi connectivity index (χ3v) is 5.39. The SMILES string of the molecule is CCCCN1C(=O)c2ccc(C(=O)OCC(=O)Nc3ccc(SC)cc3)cc2C1=O. The zero-order valence-electron chi connectivity index (χ0n) is 16.8. The molecule has 30 heavy (non-hydrogen) atoms. The number of benzene rings is 2. The van der Waals surface area contributed by atoms with E-state index in [1.807, 2.05) is 25.3 Å². The summed E-state index contributed by atoms with van der Waals surface area (Å²) in [6, 6.07) is 11.5. The summed E-state index contributed by atoms with van der Waals surface area (Å²) >= 11 is 1.59. The van der Waals surface area contributed by atoms with Crippen molar-refractivity contribution < 1.29 is 23.9 Å². The number of unbranched alkanes of at least 4 members (excludes halogenated alkanes) is 1. The van der Waals surface area contributed by atoms with E-state index in [1.54, 1.807) is 23.9 Å². The minimum atomic E-state index is -0.738. The standard InChI is InChI=1S/C22H22N2O5S/c1-3-4-11-24-20(26)17-10-5-14(12-18(17)21(24)27)22(28)29-13-19(25)23-15-6-8-16(30-2)9-7-15/h5-10,12H,3-4,11,13H2,1-2H3,(H,23,25). The summed E-state index contributed by atoms with van der Waals surface area (Å²) in [5.41, 5.74) is 1.18. The first-order valence-corrected chi connectivity index (χ1v) is 10.8. The second-order valence-electron chi connectivity index (χ2n) is 6.73. The summed E-state index contributed by atoms with van der Waals surface area (Å²) in [4.78, 5) is 51.4. The maximum atomic E-state index is 12.5. The Balaban J connectivity index is 1.60. The van der Waals surface area contributed by atoms with E-state index in [2.05, 4.69) is 5.32 Å². The van der Waals surface area contributed by atoms with Crippen LogP contribution >= 0.6 is 11.8 Å². The van der Waals surface area contributed by atoms with Gasteiger partial charge >= 0.3 is 5.97 Å². The monoisotopic (exact) mass is 426 g/mol. The fourth-order valence-corrected chi connectivity index (χ4v) is 3.43. The summed E-state index contributed by atoms with van der Waals surface area (Å²) in [6.45, 7) is 1.86. The van der Waals surface area contributed by atoms with Gasteiger partial charge < -0.3 is 10.1 Å². The molecule has 1 N–H and O–H groups in total. The van der Waals surface area contributed by atoms with E-state index in [9.17, 15) is 19.2 Å². The molecule has 3 rings (SSSR count). The van der Waals surface area contributed by atoms with Crippen LogP contribution in [0, 0.1) is 0 Å². The van der Waals surface area contributed by atoms with E-state index >= 15 is 0 Å². The van der Waals surface area contributed by atoms with Gasteiger partial charge in [0.25, 0.3) is 17.7 Å². The van der Waals surface area contributed by atoms with Crippen LogP contribution in [0.5, 0.6) is 0 Å². The summed E-state index contributed by atoms with van der Waals surface area (Å²) in [6.07, 6.45) is 3.53. The van der Waals surface area contributed by atoms with Crippen LogP contribution in [0.3, 0.4) is 0 Å². The third-order valence-electron chi connectivity index (χ3n) is 4.65. The molecule has 0 atom stereocenters. The molecule has 1 heterocycles. The van der Waals surface area contributed by atoms with E-state index in [0.717, 1.165) is 17.7 Å². The Morgan fingerprint density at radius 1 is 1.03 bits per heavy atom. The molecule has 0 aliphatic carbocycles. The van der Waals surface area contributed by atoms with Gasteiger partial charge in [-0.25, -0.2) is 4.79 Å². The number of amides is 3. The number of carbonyl (C=O) groups is 4. The van der Waals surface area contributed by atoms with E-state index in [-0.39, 0.29) is 22.6 Å². The molecule has 0 spiro atoms. The van der Waals surface area contributed by atoms with E-state index < -0.39 is 24.4 Å². The average Bonchev–Trinajstić information content (AvgIpc) is 3.00. The van der Waals surface area contributed by atoms with Gasteiger partial charge in [0.2, 0.25) is 0 Å². The quantitative estimate of drug-likeness (QED) is 0.394. The lowest BCUT2D eigenvalue weighted by Crippen LogP contribution is -2.30. The van der Waals surface area contributed by atoms with Crippen LogP contribution in [-0.4, -0.2) is 48.0 Å². The molecule has 0 unspecified atom stereocenters. The average molecular weight is 426 g/mol. The van der Waals surface area contributed by atoms with Crippen molar-refractivity contribution in [2.24, 2.45) is 0 Å². The van der Waals surface area contributed by atoms with Crippen LogP contribution < -0.4 is 5.32 Å². The zero-order chi connectivity index (χ0) is 21.7. The van der Waals surface area contributed by atoms with Crippen molar-refractivity contribution in [1.29, 1.82) is 0 Å². The number of imide groups is 1. The predicted molar refractivity (Wildman–Crippen MR) is 114 cm³/mol. The van der Waals surface area contributed by atoms with Crippen molar-refractivity contribution in [3.8, 4) is 0 Å². The Morgan fingerprint density at radius 3 is 2.40 bits per heavy atom. The van der Waals surface area contributed by atoms with Crippen molar-refractivity contribution in [1.82, 2.24) is 4.90 Å². The fraction of sp³-hybridized carbons (Fsp3) is 0.273. The second kappa shape index (κ2) is 9.58. The van der Waals surface area contributed by atoms with Gasteiger partial charge in [-0.3, -0.25) is 19.3 Å². The molecule has 1 aliphatic heterocycles. The van der Waals surface area contributed by atoms with Gasteiger partial charge in [-0.05, 0) is 55.1 Å². The first kappa shape index (κ1) is 21.6. The zero-order valence-corrected chi connectivity index (χ0v) is 17.6.